The first-order chi connectivity index (χ1) is 10.0. The van der Waals surface area contributed by atoms with Crippen molar-refractivity contribution in [3.8, 4) is 0 Å². The summed E-state index contributed by atoms with van der Waals surface area (Å²) >= 11 is 9.33. The molecule has 106 valence electrons. The summed E-state index contributed by atoms with van der Waals surface area (Å²) in [6.45, 7) is 0. The number of fused-ring (bicyclic) bond motifs is 1. The normalized spacial score (nSPS) is 10.8. The van der Waals surface area contributed by atoms with Gasteiger partial charge in [-0.2, -0.15) is 0 Å². The zero-order valence-electron chi connectivity index (χ0n) is 10.7. The van der Waals surface area contributed by atoms with Gasteiger partial charge in [-0.15, -0.1) is 0 Å². The maximum Gasteiger partial charge on any atom is 0.131 e. The van der Waals surface area contributed by atoms with Crippen LogP contribution in [0.2, 0.25) is 5.02 Å². The van der Waals surface area contributed by atoms with Gasteiger partial charge >= 0.3 is 0 Å². The molecule has 3 N–H and O–H groups in total. The molecule has 0 saturated heterocycles. The molecule has 0 radical (unpaired) electrons. The molecule has 0 atom stereocenters. The molecule has 3 rings (SSSR count). The number of benzene rings is 2. The van der Waals surface area contributed by atoms with Crippen LogP contribution in [-0.4, -0.2) is 4.98 Å². The first kappa shape index (κ1) is 14.1. The molecule has 2 aromatic carbocycles. The SMILES string of the molecule is Nc1ccc2nc(Nc3c(Cl)cc(F)cc3Br)ccc2c1. The van der Waals surface area contributed by atoms with Crippen LogP contribution >= 0.6 is 27.5 Å². The van der Waals surface area contributed by atoms with Crippen molar-refractivity contribution in [1.29, 1.82) is 0 Å². The average Bonchev–Trinajstić information content (AvgIpc) is 2.43. The summed E-state index contributed by atoms with van der Waals surface area (Å²) in [4.78, 5) is 4.48. The molecule has 0 aliphatic heterocycles. The second kappa shape index (κ2) is 5.50. The number of pyridine rings is 1. The van der Waals surface area contributed by atoms with Crippen LogP contribution in [0.25, 0.3) is 10.9 Å². The van der Waals surface area contributed by atoms with Crippen LogP contribution in [0.15, 0.2) is 46.9 Å². The third kappa shape index (κ3) is 2.94. The fraction of sp³-hybridized carbons (Fsp3) is 0. The Balaban J connectivity index is 2.00. The molecule has 0 aliphatic carbocycles. The van der Waals surface area contributed by atoms with Crippen molar-refractivity contribution >= 4 is 55.6 Å². The van der Waals surface area contributed by atoms with E-state index in [-0.39, 0.29) is 5.02 Å². The van der Waals surface area contributed by atoms with Crippen molar-refractivity contribution < 1.29 is 4.39 Å². The van der Waals surface area contributed by atoms with Crippen LogP contribution in [-0.2, 0) is 0 Å². The first-order valence-electron chi connectivity index (χ1n) is 6.11. The van der Waals surface area contributed by atoms with Crippen molar-refractivity contribution in [1.82, 2.24) is 4.98 Å². The molecule has 3 aromatic rings. The fourth-order valence-electron chi connectivity index (χ4n) is 2.00. The zero-order chi connectivity index (χ0) is 15.0. The van der Waals surface area contributed by atoms with Gasteiger partial charge in [-0.05, 0) is 58.4 Å². The average molecular weight is 367 g/mol. The van der Waals surface area contributed by atoms with Crippen molar-refractivity contribution in [3.63, 3.8) is 0 Å². The Bertz CT molecular complexity index is 815. The summed E-state index contributed by atoms with van der Waals surface area (Å²) in [6.07, 6.45) is 0. The van der Waals surface area contributed by atoms with Gasteiger partial charge in [0.2, 0.25) is 0 Å². The molecule has 0 unspecified atom stereocenters. The van der Waals surface area contributed by atoms with E-state index in [0.29, 0.717) is 21.7 Å². The summed E-state index contributed by atoms with van der Waals surface area (Å²) in [5.41, 5.74) is 7.80. The molecule has 0 aliphatic rings. The van der Waals surface area contributed by atoms with Gasteiger partial charge in [0.15, 0.2) is 0 Å². The number of rotatable bonds is 2. The fourth-order valence-corrected chi connectivity index (χ4v) is 2.90. The Labute approximate surface area is 134 Å². The predicted octanol–water partition coefficient (Wildman–Crippen LogP) is 5.12. The summed E-state index contributed by atoms with van der Waals surface area (Å²) in [5.74, 6) is 0.209. The molecule has 0 spiro atoms. The van der Waals surface area contributed by atoms with Gasteiger partial charge < -0.3 is 11.1 Å². The van der Waals surface area contributed by atoms with Crippen molar-refractivity contribution in [2.45, 2.75) is 0 Å². The number of hydrogen-bond acceptors (Lipinski definition) is 3. The third-order valence-corrected chi connectivity index (χ3v) is 3.90. The van der Waals surface area contributed by atoms with Crippen LogP contribution in [0, 0.1) is 5.82 Å². The minimum absolute atomic E-state index is 0.279. The standard InChI is InChI=1S/C15H10BrClFN3/c16-11-6-9(18)7-12(17)15(11)21-14-4-1-8-5-10(19)2-3-13(8)20-14/h1-7H,19H2,(H,20,21). The molecular weight excluding hydrogens is 357 g/mol. The molecule has 1 aromatic heterocycles. The lowest BCUT2D eigenvalue weighted by Gasteiger charge is -2.11. The summed E-state index contributed by atoms with van der Waals surface area (Å²) in [5, 5.41) is 4.31. The highest BCUT2D eigenvalue weighted by Crippen LogP contribution is 2.34. The minimum atomic E-state index is -0.403. The van der Waals surface area contributed by atoms with E-state index in [9.17, 15) is 4.39 Å². The summed E-state index contributed by atoms with van der Waals surface area (Å²) < 4.78 is 13.8. The molecule has 0 saturated carbocycles. The second-order valence-electron chi connectivity index (χ2n) is 4.52. The zero-order valence-corrected chi connectivity index (χ0v) is 13.0. The lowest BCUT2D eigenvalue weighted by Crippen LogP contribution is -1.96. The molecule has 0 amide bonds. The van der Waals surface area contributed by atoms with Crippen molar-refractivity contribution in [2.75, 3.05) is 11.1 Å². The maximum atomic E-state index is 13.2. The topological polar surface area (TPSA) is 50.9 Å². The summed E-state index contributed by atoms with van der Waals surface area (Å²) in [6, 6.07) is 11.8. The summed E-state index contributed by atoms with van der Waals surface area (Å²) in [7, 11) is 0. The minimum Gasteiger partial charge on any atom is -0.399 e. The Kier molecular flexibility index (Phi) is 3.69. The van der Waals surface area contributed by atoms with Crippen molar-refractivity contribution in [2.24, 2.45) is 0 Å². The van der Waals surface area contributed by atoms with Gasteiger partial charge in [0.25, 0.3) is 0 Å². The number of nitrogen functional groups attached to an aromatic ring is 1. The first-order valence-corrected chi connectivity index (χ1v) is 7.28. The van der Waals surface area contributed by atoms with Gasteiger partial charge in [-0.25, -0.2) is 9.37 Å². The Morgan fingerprint density at radius 3 is 2.71 bits per heavy atom. The van der Waals surface area contributed by atoms with Gasteiger partial charge in [0, 0.05) is 15.5 Å². The quantitative estimate of drug-likeness (QED) is 0.619. The number of halogens is 3. The Morgan fingerprint density at radius 1 is 1.14 bits per heavy atom. The maximum absolute atomic E-state index is 13.2. The van der Waals surface area contributed by atoms with Crippen LogP contribution in [0.1, 0.15) is 0 Å². The van der Waals surface area contributed by atoms with Gasteiger partial charge in [-0.1, -0.05) is 11.6 Å². The largest absolute Gasteiger partial charge is 0.399 e. The molecule has 1 heterocycles. The van der Waals surface area contributed by atoms with E-state index in [4.69, 9.17) is 17.3 Å². The van der Waals surface area contributed by atoms with E-state index in [1.54, 1.807) is 6.07 Å². The van der Waals surface area contributed by atoms with E-state index in [1.165, 1.54) is 12.1 Å². The molecule has 0 bridgehead atoms. The molecule has 3 nitrogen and oxygen atoms in total. The number of hydrogen-bond donors (Lipinski definition) is 2. The molecule has 6 heteroatoms. The molecule has 0 fully saturated rings. The second-order valence-corrected chi connectivity index (χ2v) is 5.78. The van der Waals surface area contributed by atoms with Crippen molar-refractivity contribution in [3.05, 3.63) is 57.8 Å². The van der Waals surface area contributed by atoms with Crippen LogP contribution < -0.4 is 11.1 Å². The lowest BCUT2D eigenvalue weighted by atomic mass is 10.2. The van der Waals surface area contributed by atoms with Crippen LogP contribution in [0.4, 0.5) is 21.6 Å². The highest BCUT2D eigenvalue weighted by Gasteiger charge is 2.09. The number of nitrogens with zero attached hydrogens (tertiary/aromatic N) is 1. The van der Waals surface area contributed by atoms with Crippen LogP contribution in [0.5, 0.6) is 0 Å². The van der Waals surface area contributed by atoms with E-state index >= 15 is 0 Å². The molecular formula is C15H10BrClFN3. The monoisotopic (exact) mass is 365 g/mol. The predicted molar refractivity (Wildman–Crippen MR) is 88.5 cm³/mol. The van der Waals surface area contributed by atoms with Crippen LogP contribution in [0.3, 0.4) is 0 Å². The Morgan fingerprint density at radius 2 is 1.95 bits per heavy atom. The van der Waals surface area contributed by atoms with E-state index in [0.717, 1.165) is 10.9 Å². The molecule has 21 heavy (non-hydrogen) atoms. The lowest BCUT2D eigenvalue weighted by molar-refractivity contribution is 0.627. The van der Waals surface area contributed by atoms with Gasteiger partial charge in [0.1, 0.15) is 11.6 Å². The van der Waals surface area contributed by atoms with E-state index in [1.807, 2.05) is 24.3 Å². The van der Waals surface area contributed by atoms with E-state index < -0.39 is 5.82 Å². The number of nitrogens with two attached hydrogens (primary N) is 1. The smallest absolute Gasteiger partial charge is 0.131 e. The van der Waals surface area contributed by atoms with Gasteiger partial charge in [0.05, 0.1) is 16.2 Å². The third-order valence-electron chi connectivity index (χ3n) is 2.97. The highest BCUT2D eigenvalue weighted by molar-refractivity contribution is 9.10. The van der Waals surface area contributed by atoms with Gasteiger partial charge in [-0.3, -0.25) is 0 Å². The number of nitrogens with one attached hydrogen (secondary N) is 1. The Hall–Kier alpha value is -1.85. The number of aromatic nitrogens is 1. The van der Waals surface area contributed by atoms with E-state index in [2.05, 4.69) is 26.2 Å². The highest BCUT2D eigenvalue weighted by atomic mass is 79.9. The number of anilines is 3.